The van der Waals surface area contributed by atoms with Crippen molar-refractivity contribution in [2.24, 2.45) is 0 Å². The number of hydrogen-bond donors (Lipinski definition) is 1. The van der Waals surface area contributed by atoms with Crippen LogP contribution < -0.4 is 5.32 Å². The maximum Gasteiger partial charge on any atom is 0.119 e. The monoisotopic (exact) mass is 142 g/mol. The van der Waals surface area contributed by atoms with Gasteiger partial charge in [0.05, 0.1) is 13.2 Å². The molecule has 0 bridgehead atoms. The third-order valence-corrected chi connectivity index (χ3v) is 2.50. The van der Waals surface area contributed by atoms with Crippen molar-refractivity contribution in [1.82, 2.24) is 10.2 Å². The lowest BCUT2D eigenvalue weighted by Crippen LogP contribution is -2.65. The Kier molecular flexibility index (Phi) is 1.44. The van der Waals surface area contributed by atoms with Crippen LogP contribution in [0.3, 0.4) is 0 Å². The van der Waals surface area contributed by atoms with Gasteiger partial charge < -0.3 is 4.74 Å². The van der Waals surface area contributed by atoms with E-state index in [4.69, 9.17) is 4.74 Å². The van der Waals surface area contributed by atoms with E-state index < -0.39 is 0 Å². The topological polar surface area (TPSA) is 24.5 Å². The van der Waals surface area contributed by atoms with Crippen molar-refractivity contribution in [3.05, 3.63) is 0 Å². The Balaban J connectivity index is 2.05. The fraction of sp³-hybridized carbons (Fsp3) is 1.00. The van der Waals surface area contributed by atoms with Gasteiger partial charge >= 0.3 is 0 Å². The molecular formula is C7H14N2O. The van der Waals surface area contributed by atoms with E-state index >= 15 is 0 Å². The van der Waals surface area contributed by atoms with Gasteiger partial charge in [-0.1, -0.05) is 6.92 Å². The molecule has 0 aromatic carbocycles. The molecule has 1 spiro atoms. The van der Waals surface area contributed by atoms with Crippen LogP contribution >= 0.6 is 0 Å². The summed E-state index contributed by atoms with van der Waals surface area (Å²) in [7, 11) is 0. The molecule has 0 aliphatic carbocycles. The molecule has 0 atom stereocenters. The van der Waals surface area contributed by atoms with Crippen molar-refractivity contribution in [3.63, 3.8) is 0 Å². The average Bonchev–Trinajstić information content (AvgIpc) is 2.27. The predicted octanol–water partition coefficient (Wildman–Crippen LogP) is -0.362. The van der Waals surface area contributed by atoms with Crippen LogP contribution in [0, 0.1) is 0 Å². The molecule has 2 rings (SSSR count). The lowest BCUT2D eigenvalue weighted by Gasteiger charge is -2.44. The van der Waals surface area contributed by atoms with Gasteiger partial charge in [0, 0.05) is 13.1 Å². The maximum atomic E-state index is 5.19. The SMILES string of the molecule is CCN1CCNC12COC2. The number of nitrogens with zero attached hydrogens (tertiary/aromatic N) is 1. The minimum absolute atomic E-state index is 0.245. The highest BCUT2D eigenvalue weighted by Gasteiger charge is 2.46. The van der Waals surface area contributed by atoms with Crippen LogP contribution in [0.15, 0.2) is 0 Å². The number of rotatable bonds is 1. The molecule has 0 aromatic heterocycles. The van der Waals surface area contributed by atoms with E-state index in [1.165, 1.54) is 6.54 Å². The van der Waals surface area contributed by atoms with E-state index in [0.29, 0.717) is 0 Å². The molecule has 2 fully saturated rings. The molecule has 1 N–H and O–H groups in total. The van der Waals surface area contributed by atoms with Gasteiger partial charge in [-0.15, -0.1) is 0 Å². The highest BCUT2D eigenvalue weighted by Crippen LogP contribution is 2.24. The summed E-state index contributed by atoms with van der Waals surface area (Å²) >= 11 is 0. The number of nitrogens with one attached hydrogen (secondary N) is 1. The summed E-state index contributed by atoms with van der Waals surface area (Å²) in [5, 5.41) is 3.47. The van der Waals surface area contributed by atoms with Crippen molar-refractivity contribution in [2.45, 2.75) is 12.6 Å². The first-order valence-corrected chi connectivity index (χ1v) is 3.95. The van der Waals surface area contributed by atoms with E-state index in [1.54, 1.807) is 0 Å². The van der Waals surface area contributed by atoms with Crippen LogP contribution in [-0.4, -0.2) is 43.4 Å². The van der Waals surface area contributed by atoms with Crippen LogP contribution in [-0.2, 0) is 4.74 Å². The van der Waals surface area contributed by atoms with E-state index in [0.717, 1.165) is 26.3 Å². The predicted molar refractivity (Wildman–Crippen MR) is 38.8 cm³/mol. The second-order valence-electron chi connectivity index (χ2n) is 3.03. The van der Waals surface area contributed by atoms with E-state index in [-0.39, 0.29) is 5.66 Å². The second kappa shape index (κ2) is 2.19. The van der Waals surface area contributed by atoms with Crippen molar-refractivity contribution in [2.75, 3.05) is 32.8 Å². The maximum absolute atomic E-state index is 5.19. The van der Waals surface area contributed by atoms with E-state index in [2.05, 4.69) is 17.1 Å². The number of likely N-dealkylation sites (N-methyl/N-ethyl adjacent to an activating group) is 1. The molecular weight excluding hydrogens is 128 g/mol. The molecule has 2 saturated heterocycles. The van der Waals surface area contributed by atoms with Gasteiger partial charge in [-0.3, -0.25) is 10.2 Å². The van der Waals surface area contributed by atoms with Crippen molar-refractivity contribution < 1.29 is 4.74 Å². The van der Waals surface area contributed by atoms with Crippen molar-refractivity contribution >= 4 is 0 Å². The zero-order chi connectivity index (χ0) is 7.03. The summed E-state index contributed by atoms with van der Waals surface area (Å²) in [4.78, 5) is 2.45. The molecule has 2 aliphatic rings. The summed E-state index contributed by atoms with van der Waals surface area (Å²) < 4.78 is 5.19. The quantitative estimate of drug-likeness (QED) is 0.541. The van der Waals surface area contributed by atoms with Crippen LogP contribution in [0.5, 0.6) is 0 Å². The molecule has 10 heavy (non-hydrogen) atoms. The molecule has 0 radical (unpaired) electrons. The first-order chi connectivity index (χ1) is 4.87. The highest BCUT2D eigenvalue weighted by molar-refractivity contribution is 4.98. The van der Waals surface area contributed by atoms with Crippen molar-refractivity contribution in [3.8, 4) is 0 Å². The number of hydrogen-bond acceptors (Lipinski definition) is 3. The molecule has 3 heteroatoms. The van der Waals surface area contributed by atoms with Gasteiger partial charge in [-0.2, -0.15) is 0 Å². The summed E-state index contributed by atoms with van der Waals surface area (Å²) in [6, 6.07) is 0. The molecule has 0 aromatic rings. The molecule has 58 valence electrons. The van der Waals surface area contributed by atoms with Gasteiger partial charge in [-0.05, 0) is 6.54 Å². The summed E-state index contributed by atoms with van der Waals surface area (Å²) in [6.07, 6.45) is 0. The second-order valence-corrected chi connectivity index (χ2v) is 3.03. The fourth-order valence-electron chi connectivity index (χ4n) is 1.79. The Morgan fingerprint density at radius 3 is 2.80 bits per heavy atom. The van der Waals surface area contributed by atoms with Gasteiger partial charge in [0.1, 0.15) is 5.66 Å². The van der Waals surface area contributed by atoms with Crippen LogP contribution in [0.1, 0.15) is 6.92 Å². The Bertz CT molecular complexity index is 134. The minimum Gasteiger partial charge on any atom is -0.375 e. The molecule has 0 amide bonds. The highest BCUT2D eigenvalue weighted by atomic mass is 16.5. The van der Waals surface area contributed by atoms with Crippen LogP contribution in [0.2, 0.25) is 0 Å². The van der Waals surface area contributed by atoms with Crippen LogP contribution in [0.4, 0.5) is 0 Å². The summed E-state index contributed by atoms with van der Waals surface area (Å²) in [5.41, 5.74) is 0.245. The third-order valence-electron chi connectivity index (χ3n) is 2.50. The average molecular weight is 142 g/mol. The fourth-order valence-corrected chi connectivity index (χ4v) is 1.79. The van der Waals surface area contributed by atoms with Gasteiger partial charge in [0.15, 0.2) is 0 Å². The molecule has 3 nitrogen and oxygen atoms in total. The molecule has 0 unspecified atom stereocenters. The zero-order valence-corrected chi connectivity index (χ0v) is 6.39. The Hall–Kier alpha value is -0.120. The number of ether oxygens (including phenoxy) is 1. The summed E-state index contributed by atoms with van der Waals surface area (Å²) in [5.74, 6) is 0. The smallest absolute Gasteiger partial charge is 0.119 e. The lowest BCUT2D eigenvalue weighted by atomic mass is 10.1. The molecule has 2 heterocycles. The van der Waals surface area contributed by atoms with Gasteiger partial charge in [0.2, 0.25) is 0 Å². The van der Waals surface area contributed by atoms with Crippen molar-refractivity contribution in [1.29, 1.82) is 0 Å². The van der Waals surface area contributed by atoms with E-state index in [1.807, 2.05) is 0 Å². The molecule has 2 aliphatic heterocycles. The van der Waals surface area contributed by atoms with Gasteiger partial charge in [-0.25, -0.2) is 0 Å². The summed E-state index contributed by atoms with van der Waals surface area (Å²) in [6.45, 7) is 7.39. The minimum atomic E-state index is 0.245. The zero-order valence-electron chi connectivity index (χ0n) is 6.39. The molecule has 0 saturated carbocycles. The standard InChI is InChI=1S/C7H14N2O/c1-2-9-4-3-8-7(9)5-10-6-7/h8H,2-6H2,1H3. The van der Waals surface area contributed by atoms with E-state index in [9.17, 15) is 0 Å². The Morgan fingerprint density at radius 2 is 2.40 bits per heavy atom. The largest absolute Gasteiger partial charge is 0.375 e. The Morgan fingerprint density at radius 1 is 1.60 bits per heavy atom. The van der Waals surface area contributed by atoms with Gasteiger partial charge in [0.25, 0.3) is 0 Å². The van der Waals surface area contributed by atoms with Crippen LogP contribution in [0.25, 0.3) is 0 Å². The normalized spacial score (nSPS) is 30.9. The Labute approximate surface area is 61.3 Å². The first kappa shape index (κ1) is 6.58. The first-order valence-electron chi connectivity index (χ1n) is 3.95. The lowest BCUT2D eigenvalue weighted by molar-refractivity contribution is -0.133. The third kappa shape index (κ3) is 0.713.